The van der Waals surface area contributed by atoms with Gasteiger partial charge in [0.25, 0.3) is 5.56 Å². The molecule has 0 bridgehead atoms. The highest BCUT2D eigenvalue weighted by Gasteiger charge is 2.29. The third-order valence-corrected chi connectivity index (χ3v) is 7.25. The van der Waals surface area contributed by atoms with E-state index in [0.29, 0.717) is 31.3 Å². The van der Waals surface area contributed by atoms with Crippen LogP contribution in [0.4, 0.5) is 0 Å². The van der Waals surface area contributed by atoms with Crippen molar-refractivity contribution >= 4 is 10.9 Å². The van der Waals surface area contributed by atoms with Crippen molar-refractivity contribution in [2.75, 3.05) is 6.61 Å². The van der Waals surface area contributed by atoms with Crippen LogP contribution in [-0.4, -0.2) is 41.7 Å². The first kappa shape index (κ1) is 25.1. The predicted molar refractivity (Wildman–Crippen MR) is 142 cm³/mol. The van der Waals surface area contributed by atoms with Crippen molar-refractivity contribution in [1.29, 1.82) is 0 Å². The van der Waals surface area contributed by atoms with Crippen molar-refractivity contribution < 1.29 is 4.74 Å². The van der Waals surface area contributed by atoms with Crippen LogP contribution in [0, 0.1) is 0 Å². The van der Waals surface area contributed by atoms with Crippen LogP contribution in [0.3, 0.4) is 0 Å². The SMILES string of the molecule is CCOc1ccc2[nH]c(=O)c(CN(Cc3cccnc3)C(CC)c3nnnn3C3CCCCC3)cc2c1. The topological polar surface area (TPSA) is 102 Å². The number of fused-ring (bicyclic) bond motifs is 1. The van der Waals surface area contributed by atoms with Crippen LogP contribution in [-0.2, 0) is 13.1 Å². The van der Waals surface area contributed by atoms with E-state index in [-0.39, 0.29) is 11.6 Å². The zero-order valence-corrected chi connectivity index (χ0v) is 21.6. The van der Waals surface area contributed by atoms with E-state index in [1.165, 1.54) is 19.3 Å². The molecule has 1 aromatic carbocycles. The maximum atomic E-state index is 13.2. The molecule has 9 heteroatoms. The zero-order chi connectivity index (χ0) is 25.6. The molecule has 1 unspecified atom stereocenters. The van der Waals surface area contributed by atoms with E-state index in [9.17, 15) is 4.79 Å². The van der Waals surface area contributed by atoms with Crippen LogP contribution in [0.1, 0.15) is 81.4 Å². The van der Waals surface area contributed by atoms with Gasteiger partial charge in [-0.15, -0.1) is 5.10 Å². The fraction of sp³-hybridized carbons (Fsp3) is 0.464. The van der Waals surface area contributed by atoms with Gasteiger partial charge in [0, 0.05) is 41.9 Å². The minimum atomic E-state index is -0.0884. The summed E-state index contributed by atoms with van der Waals surface area (Å²) in [4.78, 5) is 22.8. The summed E-state index contributed by atoms with van der Waals surface area (Å²) in [7, 11) is 0. The molecule has 5 rings (SSSR count). The lowest BCUT2D eigenvalue weighted by Gasteiger charge is -2.32. The van der Waals surface area contributed by atoms with Crippen LogP contribution >= 0.6 is 0 Å². The van der Waals surface area contributed by atoms with Crippen LogP contribution in [0.2, 0.25) is 0 Å². The van der Waals surface area contributed by atoms with Gasteiger partial charge in [-0.25, -0.2) is 4.68 Å². The van der Waals surface area contributed by atoms with E-state index >= 15 is 0 Å². The first-order valence-electron chi connectivity index (χ1n) is 13.4. The molecule has 1 N–H and O–H groups in total. The second-order valence-corrected chi connectivity index (χ2v) is 9.77. The molecule has 9 nitrogen and oxygen atoms in total. The molecule has 0 aliphatic heterocycles. The second kappa shape index (κ2) is 11.6. The summed E-state index contributed by atoms with van der Waals surface area (Å²) in [5.41, 5.74) is 2.48. The molecular formula is C28H35N7O2. The highest BCUT2D eigenvalue weighted by Crippen LogP contribution is 2.32. The van der Waals surface area contributed by atoms with E-state index in [1.807, 2.05) is 48.1 Å². The summed E-state index contributed by atoms with van der Waals surface area (Å²) in [6.07, 6.45) is 10.4. The normalized spacial score (nSPS) is 15.3. The molecule has 0 radical (unpaired) electrons. The number of nitrogens with zero attached hydrogens (tertiary/aromatic N) is 6. The Hall–Kier alpha value is -3.59. The Balaban J connectivity index is 1.51. The number of H-pyrrole nitrogens is 1. The van der Waals surface area contributed by atoms with E-state index in [0.717, 1.165) is 47.3 Å². The summed E-state index contributed by atoms with van der Waals surface area (Å²) in [6, 6.07) is 12.0. The van der Waals surface area contributed by atoms with Gasteiger partial charge in [-0.05, 0) is 72.5 Å². The number of nitrogens with one attached hydrogen (secondary N) is 1. The highest BCUT2D eigenvalue weighted by molar-refractivity contribution is 5.80. The molecule has 1 aliphatic rings. The van der Waals surface area contributed by atoms with Gasteiger partial charge in [-0.3, -0.25) is 14.7 Å². The molecular weight excluding hydrogens is 466 g/mol. The van der Waals surface area contributed by atoms with Crippen molar-refractivity contribution in [3.63, 3.8) is 0 Å². The number of rotatable bonds is 10. The third-order valence-electron chi connectivity index (χ3n) is 7.25. The highest BCUT2D eigenvalue weighted by atomic mass is 16.5. The Morgan fingerprint density at radius 1 is 1.14 bits per heavy atom. The third kappa shape index (κ3) is 5.72. The number of aromatic nitrogens is 6. The largest absolute Gasteiger partial charge is 0.494 e. The van der Waals surface area contributed by atoms with E-state index in [2.05, 4.69) is 43.4 Å². The molecule has 1 aliphatic carbocycles. The van der Waals surface area contributed by atoms with Gasteiger partial charge in [-0.2, -0.15) is 0 Å². The lowest BCUT2D eigenvalue weighted by Crippen LogP contribution is -2.33. The minimum absolute atomic E-state index is 0.0537. The Morgan fingerprint density at radius 3 is 2.76 bits per heavy atom. The van der Waals surface area contributed by atoms with Gasteiger partial charge in [0.2, 0.25) is 0 Å². The fourth-order valence-electron chi connectivity index (χ4n) is 5.43. The molecule has 3 heterocycles. The molecule has 3 aromatic heterocycles. The summed E-state index contributed by atoms with van der Waals surface area (Å²) >= 11 is 0. The monoisotopic (exact) mass is 501 g/mol. The quantitative estimate of drug-likeness (QED) is 0.327. The average Bonchev–Trinajstić information content (AvgIpc) is 3.40. The minimum Gasteiger partial charge on any atom is -0.494 e. The first-order chi connectivity index (χ1) is 18.2. The van der Waals surface area contributed by atoms with Crippen molar-refractivity contribution in [3.8, 4) is 5.75 Å². The van der Waals surface area contributed by atoms with Crippen molar-refractivity contribution in [2.45, 2.75) is 77.5 Å². The van der Waals surface area contributed by atoms with Crippen molar-refractivity contribution in [1.82, 2.24) is 35.1 Å². The van der Waals surface area contributed by atoms with E-state index in [1.54, 1.807) is 6.20 Å². The van der Waals surface area contributed by atoms with Gasteiger partial charge >= 0.3 is 0 Å². The Bertz CT molecular complexity index is 1360. The van der Waals surface area contributed by atoms with Crippen molar-refractivity contribution in [2.24, 2.45) is 0 Å². The Morgan fingerprint density at radius 2 is 2.00 bits per heavy atom. The average molecular weight is 502 g/mol. The predicted octanol–water partition coefficient (Wildman–Crippen LogP) is 4.97. The van der Waals surface area contributed by atoms with Crippen molar-refractivity contribution in [3.05, 3.63) is 76.1 Å². The molecule has 0 saturated heterocycles. The summed E-state index contributed by atoms with van der Waals surface area (Å²) in [5.74, 6) is 1.66. The van der Waals surface area contributed by atoms with Crippen LogP contribution < -0.4 is 10.3 Å². The molecule has 0 spiro atoms. The maximum Gasteiger partial charge on any atom is 0.252 e. The molecule has 37 heavy (non-hydrogen) atoms. The number of hydrogen-bond donors (Lipinski definition) is 1. The standard InChI is InChI=1S/C28H35N7O2/c1-3-26(27-31-32-33-35(27)23-10-6-5-7-11-23)34(18-20-9-8-14-29-17-20)19-22-15-21-16-24(37-4-2)12-13-25(21)30-28(22)36/h8-9,12-17,23,26H,3-7,10-11,18-19H2,1-2H3,(H,30,36). The summed E-state index contributed by atoms with van der Waals surface area (Å²) in [6.45, 7) is 5.79. The van der Waals surface area contributed by atoms with Gasteiger partial charge in [-0.1, -0.05) is 32.3 Å². The molecule has 194 valence electrons. The van der Waals surface area contributed by atoms with Gasteiger partial charge in [0.05, 0.1) is 18.7 Å². The van der Waals surface area contributed by atoms with Gasteiger partial charge < -0.3 is 9.72 Å². The molecule has 1 saturated carbocycles. The summed E-state index contributed by atoms with van der Waals surface area (Å²) in [5, 5.41) is 14.0. The maximum absolute atomic E-state index is 13.2. The van der Waals surface area contributed by atoms with Crippen LogP contribution in [0.15, 0.2) is 53.6 Å². The number of tetrazole rings is 1. The summed E-state index contributed by atoms with van der Waals surface area (Å²) < 4.78 is 7.73. The number of ether oxygens (including phenoxy) is 1. The Kier molecular flexibility index (Phi) is 7.89. The lowest BCUT2D eigenvalue weighted by molar-refractivity contribution is 0.155. The second-order valence-electron chi connectivity index (χ2n) is 9.77. The number of benzene rings is 1. The number of hydrogen-bond acceptors (Lipinski definition) is 7. The zero-order valence-electron chi connectivity index (χ0n) is 21.6. The molecule has 1 atom stereocenters. The fourth-order valence-corrected chi connectivity index (χ4v) is 5.43. The number of aromatic amines is 1. The lowest BCUT2D eigenvalue weighted by atomic mass is 9.95. The molecule has 1 fully saturated rings. The molecule has 4 aromatic rings. The molecule has 0 amide bonds. The van der Waals surface area contributed by atoms with E-state index in [4.69, 9.17) is 4.74 Å². The van der Waals surface area contributed by atoms with Gasteiger partial charge in [0.1, 0.15) is 5.75 Å². The first-order valence-corrected chi connectivity index (χ1v) is 13.4. The van der Waals surface area contributed by atoms with E-state index < -0.39 is 0 Å². The van der Waals surface area contributed by atoms with Gasteiger partial charge in [0.15, 0.2) is 5.82 Å². The van der Waals surface area contributed by atoms with Crippen LogP contribution in [0.25, 0.3) is 10.9 Å². The smallest absolute Gasteiger partial charge is 0.252 e. The Labute approximate surface area is 216 Å². The number of pyridine rings is 2. The van der Waals surface area contributed by atoms with Crippen LogP contribution in [0.5, 0.6) is 5.75 Å².